The van der Waals surface area contributed by atoms with Crippen LogP contribution in [0.4, 0.5) is 0 Å². The Hall–Kier alpha value is -0.810. The molecule has 0 aliphatic rings. The molecule has 13 nitrogen and oxygen atoms in total. The summed E-state index contributed by atoms with van der Waals surface area (Å²) in [4.78, 5) is 10.1. The van der Waals surface area contributed by atoms with Gasteiger partial charge in [-0.15, -0.1) is 0 Å². The molecule has 240 valence electrons. The van der Waals surface area contributed by atoms with Crippen LogP contribution in [0.1, 0.15) is 13.3 Å². The maximum Gasteiger partial charge on any atom is 0.122 e. The first kappa shape index (κ1) is 39.2. The molecule has 0 atom stereocenters. The molecule has 0 spiro atoms. The Morgan fingerprint density at radius 1 is 0.300 bits per heavy atom. The topological polar surface area (TPSA) is 128 Å². The van der Waals surface area contributed by atoms with Gasteiger partial charge in [-0.2, -0.15) is 0 Å². The molecule has 0 saturated carbocycles. The Morgan fingerprint density at radius 2 is 0.475 bits per heavy atom. The van der Waals surface area contributed by atoms with Crippen molar-refractivity contribution in [3.63, 3.8) is 0 Å². The minimum absolute atomic E-state index is 0.416. The van der Waals surface area contributed by atoms with Crippen LogP contribution < -0.4 is 0 Å². The summed E-state index contributed by atoms with van der Waals surface area (Å²) >= 11 is 0. The zero-order valence-corrected chi connectivity index (χ0v) is 24.6. The van der Waals surface area contributed by atoms with E-state index < -0.39 is 0 Å². The molecule has 0 rings (SSSR count). The SMILES string of the molecule is CCOCCOCCOCCOCCOCCOCCOCCOCCOCCOCCOCCOCCC=O. The highest BCUT2D eigenvalue weighted by Crippen LogP contribution is 1.87. The van der Waals surface area contributed by atoms with Gasteiger partial charge in [0.15, 0.2) is 0 Å². The van der Waals surface area contributed by atoms with Gasteiger partial charge in [-0.3, -0.25) is 0 Å². The third-order valence-corrected chi connectivity index (χ3v) is 4.68. The molecule has 0 radical (unpaired) electrons. The van der Waals surface area contributed by atoms with Crippen LogP contribution >= 0.6 is 0 Å². The first-order valence-electron chi connectivity index (χ1n) is 14.3. The third-order valence-electron chi connectivity index (χ3n) is 4.68. The summed E-state index contributed by atoms with van der Waals surface area (Å²) in [7, 11) is 0. The van der Waals surface area contributed by atoms with Gasteiger partial charge in [0, 0.05) is 13.0 Å². The molecular formula is C27H54O13. The fourth-order valence-corrected chi connectivity index (χ4v) is 2.69. The predicted molar refractivity (Wildman–Crippen MR) is 146 cm³/mol. The Bertz CT molecular complexity index is 460. The number of carbonyl (C=O) groups is 1. The Balaban J connectivity index is 3.02. The lowest BCUT2D eigenvalue weighted by Gasteiger charge is -2.09. The maximum atomic E-state index is 10.1. The number of rotatable bonds is 37. The van der Waals surface area contributed by atoms with E-state index in [4.69, 9.17) is 56.8 Å². The molecule has 0 aliphatic heterocycles. The normalized spacial score (nSPS) is 11.4. The molecule has 0 amide bonds. The van der Waals surface area contributed by atoms with Crippen molar-refractivity contribution < 1.29 is 61.6 Å². The summed E-state index contributed by atoms with van der Waals surface area (Å²) in [6.45, 7) is 14.6. The molecule has 0 fully saturated rings. The minimum Gasteiger partial charge on any atom is -0.379 e. The van der Waals surface area contributed by atoms with Crippen molar-refractivity contribution in [1.29, 1.82) is 0 Å². The summed E-state index contributed by atoms with van der Waals surface area (Å²) in [6, 6.07) is 0. The van der Waals surface area contributed by atoms with E-state index in [1.807, 2.05) is 6.92 Å². The van der Waals surface area contributed by atoms with Crippen LogP contribution in [0.15, 0.2) is 0 Å². The van der Waals surface area contributed by atoms with Crippen molar-refractivity contribution in [2.45, 2.75) is 13.3 Å². The van der Waals surface area contributed by atoms with Gasteiger partial charge in [0.1, 0.15) is 6.29 Å². The Labute approximate surface area is 240 Å². The quantitative estimate of drug-likeness (QED) is 0.0753. The Morgan fingerprint density at radius 3 is 0.650 bits per heavy atom. The fourth-order valence-electron chi connectivity index (χ4n) is 2.69. The molecule has 0 aromatic heterocycles. The highest BCUT2D eigenvalue weighted by atomic mass is 16.6. The van der Waals surface area contributed by atoms with Gasteiger partial charge in [-0.1, -0.05) is 0 Å². The van der Waals surface area contributed by atoms with E-state index in [0.717, 1.165) is 6.29 Å². The molecule has 0 aromatic carbocycles. The van der Waals surface area contributed by atoms with Gasteiger partial charge in [-0.25, -0.2) is 0 Å². The summed E-state index contributed by atoms with van der Waals surface area (Å²) < 4.78 is 64.5. The van der Waals surface area contributed by atoms with Gasteiger partial charge >= 0.3 is 0 Å². The van der Waals surface area contributed by atoms with E-state index in [1.54, 1.807) is 0 Å². The monoisotopic (exact) mass is 586 g/mol. The van der Waals surface area contributed by atoms with E-state index in [1.165, 1.54) is 0 Å². The number of hydrogen-bond acceptors (Lipinski definition) is 13. The molecule has 0 unspecified atom stereocenters. The van der Waals surface area contributed by atoms with Crippen LogP contribution in [-0.2, 0) is 61.6 Å². The first-order valence-corrected chi connectivity index (χ1v) is 14.3. The highest BCUT2D eigenvalue weighted by molar-refractivity contribution is 5.49. The van der Waals surface area contributed by atoms with Crippen molar-refractivity contribution >= 4 is 6.29 Å². The lowest BCUT2D eigenvalue weighted by atomic mass is 10.5. The largest absolute Gasteiger partial charge is 0.379 e. The average molecular weight is 587 g/mol. The maximum absolute atomic E-state index is 10.1. The van der Waals surface area contributed by atoms with E-state index in [-0.39, 0.29) is 0 Å². The fraction of sp³-hybridized carbons (Fsp3) is 0.963. The van der Waals surface area contributed by atoms with E-state index in [9.17, 15) is 4.79 Å². The molecule has 40 heavy (non-hydrogen) atoms. The van der Waals surface area contributed by atoms with Crippen LogP contribution in [0.25, 0.3) is 0 Å². The second kappa shape index (κ2) is 38.2. The molecule has 0 N–H and O–H groups in total. The smallest absolute Gasteiger partial charge is 0.122 e. The minimum atomic E-state index is 0.416. The second-order valence-corrected chi connectivity index (χ2v) is 7.89. The van der Waals surface area contributed by atoms with Crippen LogP contribution in [0.3, 0.4) is 0 Å². The third kappa shape index (κ3) is 37.2. The van der Waals surface area contributed by atoms with Crippen molar-refractivity contribution in [2.75, 3.05) is 159 Å². The average Bonchev–Trinajstić information content (AvgIpc) is 2.97. The van der Waals surface area contributed by atoms with Crippen LogP contribution in [0.2, 0.25) is 0 Å². The molecule has 0 saturated heterocycles. The summed E-state index contributed by atoms with van der Waals surface area (Å²) in [5, 5.41) is 0. The van der Waals surface area contributed by atoms with Crippen LogP contribution in [0.5, 0.6) is 0 Å². The highest BCUT2D eigenvalue weighted by Gasteiger charge is 1.96. The lowest BCUT2D eigenvalue weighted by molar-refractivity contribution is -0.108. The van der Waals surface area contributed by atoms with Gasteiger partial charge < -0.3 is 61.6 Å². The molecular weight excluding hydrogens is 532 g/mol. The number of carbonyl (C=O) groups excluding carboxylic acids is 1. The number of aldehydes is 1. The van der Waals surface area contributed by atoms with Gasteiger partial charge in [-0.05, 0) is 6.92 Å². The van der Waals surface area contributed by atoms with Crippen molar-refractivity contribution in [2.24, 2.45) is 0 Å². The molecule has 13 heteroatoms. The molecule has 0 aromatic rings. The second-order valence-electron chi connectivity index (χ2n) is 7.89. The first-order chi connectivity index (χ1) is 19.9. The van der Waals surface area contributed by atoms with E-state index >= 15 is 0 Å². The zero-order valence-electron chi connectivity index (χ0n) is 24.6. The lowest BCUT2D eigenvalue weighted by Crippen LogP contribution is -2.15. The Kier molecular flexibility index (Phi) is 37.4. The van der Waals surface area contributed by atoms with Crippen LogP contribution in [0, 0.1) is 0 Å². The van der Waals surface area contributed by atoms with Crippen molar-refractivity contribution in [3.8, 4) is 0 Å². The summed E-state index contributed by atoms with van der Waals surface area (Å²) in [5.41, 5.74) is 0. The van der Waals surface area contributed by atoms with E-state index in [0.29, 0.717) is 165 Å². The molecule has 0 heterocycles. The van der Waals surface area contributed by atoms with Crippen LogP contribution in [-0.4, -0.2) is 165 Å². The number of hydrogen-bond donors (Lipinski definition) is 0. The summed E-state index contributed by atoms with van der Waals surface area (Å²) in [6.07, 6.45) is 1.25. The van der Waals surface area contributed by atoms with Gasteiger partial charge in [0.25, 0.3) is 0 Å². The zero-order chi connectivity index (χ0) is 28.9. The van der Waals surface area contributed by atoms with E-state index in [2.05, 4.69) is 0 Å². The summed E-state index contributed by atoms with van der Waals surface area (Å²) in [5.74, 6) is 0. The standard InChI is InChI=1S/C27H54O13/c1-2-29-6-7-31-10-11-33-14-15-35-18-19-37-22-23-39-26-27-40-25-24-38-21-20-36-17-16-34-13-12-32-9-8-30-5-3-4-28/h4H,2-3,5-27H2,1H3. The molecule has 0 aliphatic carbocycles. The van der Waals surface area contributed by atoms with Gasteiger partial charge in [0.05, 0.1) is 152 Å². The predicted octanol–water partition coefficient (Wildman–Crippen LogP) is 0.795. The number of ether oxygens (including phenoxy) is 12. The van der Waals surface area contributed by atoms with Crippen molar-refractivity contribution in [3.05, 3.63) is 0 Å². The van der Waals surface area contributed by atoms with Crippen molar-refractivity contribution in [1.82, 2.24) is 0 Å². The molecule has 0 bridgehead atoms. The van der Waals surface area contributed by atoms with Gasteiger partial charge in [0.2, 0.25) is 0 Å².